The van der Waals surface area contributed by atoms with Crippen LogP contribution < -0.4 is 10.6 Å². The summed E-state index contributed by atoms with van der Waals surface area (Å²) < 4.78 is 0.933. The monoisotopic (exact) mass is 328 g/mol. The standard InChI is InChI=1S/C14H21BrN2O2/c1-14(2,6-7-18)10-16-9-13(19)17-12-5-3-4-11(15)8-12/h3-5,8,16,18H,6-7,9-10H2,1-2H3,(H,17,19). The van der Waals surface area contributed by atoms with Crippen molar-refractivity contribution in [2.75, 3.05) is 25.0 Å². The van der Waals surface area contributed by atoms with Crippen LogP contribution in [-0.2, 0) is 4.79 Å². The van der Waals surface area contributed by atoms with Gasteiger partial charge in [-0.15, -0.1) is 0 Å². The second kappa shape index (κ2) is 7.62. The van der Waals surface area contributed by atoms with Gasteiger partial charge in [0.2, 0.25) is 5.91 Å². The van der Waals surface area contributed by atoms with Crippen molar-refractivity contribution in [3.63, 3.8) is 0 Å². The van der Waals surface area contributed by atoms with Crippen LogP contribution in [0.3, 0.4) is 0 Å². The lowest BCUT2D eigenvalue weighted by Gasteiger charge is -2.23. The number of halogens is 1. The first-order chi connectivity index (χ1) is 8.93. The number of carbonyl (C=O) groups is 1. The van der Waals surface area contributed by atoms with E-state index in [-0.39, 0.29) is 24.5 Å². The lowest BCUT2D eigenvalue weighted by atomic mass is 9.90. The molecule has 0 aliphatic carbocycles. The molecule has 0 aromatic heterocycles. The van der Waals surface area contributed by atoms with Crippen LogP contribution in [0.2, 0.25) is 0 Å². The van der Waals surface area contributed by atoms with Crippen LogP contribution in [0.4, 0.5) is 5.69 Å². The number of rotatable bonds is 7. The van der Waals surface area contributed by atoms with E-state index < -0.39 is 0 Å². The number of hydrogen-bond donors (Lipinski definition) is 3. The van der Waals surface area contributed by atoms with E-state index >= 15 is 0 Å². The quantitative estimate of drug-likeness (QED) is 0.720. The summed E-state index contributed by atoms with van der Waals surface area (Å²) in [4.78, 5) is 11.7. The van der Waals surface area contributed by atoms with Gasteiger partial charge in [0, 0.05) is 23.3 Å². The fourth-order valence-corrected chi connectivity index (χ4v) is 2.08. The van der Waals surface area contributed by atoms with Gasteiger partial charge in [-0.1, -0.05) is 35.8 Å². The average Bonchev–Trinajstić information content (AvgIpc) is 2.28. The molecular weight excluding hydrogens is 308 g/mol. The maximum Gasteiger partial charge on any atom is 0.238 e. The number of anilines is 1. The van der Waals surface area contributed by atoms with Crippen LogP contribution in [0, 0.1) is 5.41 Å². The Bertz CT molecular complexity index is 422. The lowest BCUT2D eigenvalue weighted by molar-refractivity contribution is -0.115. The van der Waals surface area contributed by atoms with Crippen molar-refractivity contribution in [3.8, 4) is 0 Å². The van der Waals surface area contributed by atoms with Gasteiger partial charge < -0.3 is 15.7 Å². The second-order valence-electron chi connectivity index (χ2n) is 5.30. The highest BCUT2D eigenvalue weighted by Crippen LogP contribution is 2.18. The molecule has 0 heterocycles. The fraction of sp³-hybridized carbons (Fsp3) is 0.500. The highest BCUT2D eigenvalue weighted by atomic mass is 79.9. The van der Waals surface area contributed by atoms with Crippen LogP contribution >= 0.6 is 15.9 Å². The van der Waals surface area contributed by atoms with Crippen molar-refractivity contribution in [1.29, 1.82) is 0 Å². The van der Waals surface area contributed by atoms with Gasteiger partial charge >= 0.3 is 0 Å². The molecular formula is C14H21BrN2O2. The fourth-order valence-electron chi connectivity index (χ4n) is 1.68. The SMILES string of the molecule is CC(C)(CCO)CNCC(=O)Nc1cccc(Br)c1. The summed E-state index contributed by atoms with van der Waals surface area (Å²) in [5.41, 5.74) is 0.765. The molecule has 5 heteroatoms. The third-order valence-electron chi connectivity index (χ3n) is 2.79. The van der Waals surface area contributed by atoms with Crippen LogP contribution in [-0.4, -0.2) is 30.7 Å². The zero-order valence-corrected chi connectivity index (χ0v) is 13.0. The van der Waals surface area contributed by atoms with Gasteiger partial charge in [0.05, 0.1) is 6.54 Å². The van der Waals surface area contributed by atoms with E-state index in [2.05, 4.69) is 40.4 Å². The number of amides is 1. The molecule has 1 rings (SSSR count). The third-order valence-corrected chi connectivity index (χ3v) is 3.28. The molecule has 0 aliphatic rings. The van der Waals surface area contributed by atoms with Crippen molar-refractivity contribution in [3.05, 3.63) is 28.7 Å². The van der Waals surface area contributed by atoms with E-state index in [4.69, 9.17) is 5.11 Å². The zero-order chi connectivity index (χ0) is 14.3. The van der Waals surface area contributed by atoms with Crippen molar-refractivity contribution < 1.29 is 9.90 Å². The molecule has 19 heavy (non-hydrogen) atoms. The molecule has 0 fully saturated rings. The Morgan fingerprint density at radius 2 is 2.16 bits per heavy atom. The number of aliphatic hydroxyl groups is 1. The van der Waals surface area contributed by atoms with E-state index in [1.807, 2.05) is 24.3 Å². The van der Waals surface area contributed by atoms with E-state index in [0.717, 1.165) is 10.2 Å². The van der Waals surface area contributed by atoms with Gasteiger partial charge in [-0.3, -0.25) is 4.79 Å². The lowest BCUT2D eigenvalue weighted by Crippen LogP contribution is -2.35. The van der Waals surface area contributed by atoms with Crippen molar-refractivity contribution >= 4 is 27.5 Å². The Balaban J connectivity index is 2.32. The Kier molecular flexibility index (Phi) is 6.48. The van der Waals surface area contributed by atoms with Crippen LogP contribution in [0.5, 0.6) is 0 Å². The minimum Gasteiger partial charge on any atom is -0.396 e. The van der Waals surface area contributed by atoms with E-state index in [0.29, 0.717) is 13.0 Å². The van der Waals surface area contributed by atoms with Gasteiger partial charge in [-0.2, -0.15) is 0 Å². The second-order valence-corrected chi connectivity index (χ2v) is 6.22. The molecule has 106 valence electrons. The first-order valence-electron chi connectivity index (χ1n) is 6.30. The normalized spacial score (nSPS) is 11.4. The molecule has 3 N–H and O–H groups in total. The third kappa shape index (κ3) is 6.71. The zero-order valence-electron chi connectivity index (χ0n) is 11.4. The highest BCUT2D eigenvalue weighted by molar-refractivity contribution is 9.10. The first-order valence-corrected chi connectivity index (χ1v) is 7.09. The van der Waals surface area contributed by atoms with Gasteiger partial charge in [0.25, 0.3) is 0 Å². The Morgan fingerprint density at radius 1 is 1.42 bits per heavy atom. The Labute approximate surface area is 122 Å². The molecule has 0 atom stereocenters. The number of nitrogens with one attached hydrogen (secondary N) is 2. The summed E-state index contributed by atoms with van der Waals surface area (Å²) in [6.07, 6.45) is 0.716. The average molecular weight is 329 g/mol. The molecule has 1 aromatic carbocycles. The summed E-state index contributed by atoms with van der Waals surface area (Å²) >= 11 is 3.36. The van der Waals surface area contributed by atoms with Gasteiger partial charge in [0.1, 0.15) is 0 Å². The van der Waals surface area contributed by atoms with Gasteiger partial charge in [-0.25, -0.2) is 0 Å². The summed E-state index contributed by atoms with van der Waals surface area (Å²) in [6.45, 7) is 5.24. The molecule has 0 unspecified atom stereocenters. The number of carbonyl (C=O) groups excluding carboxylic acids is 1. The Hall–Kier alpha value is -0.910. The van der Waals surface area contributed by atoms with Crippen LogP contribution in [0.15, 0.2) is 28.7 Å². The molecule has 0 saturated carbocycles. The van der Waals surface area contributed by atoms with Crippen molar-refractivity contribution in [2.24, 2.45) is 5.41 Å². The maximum atomic E-state index is 11.7. The van der Waals surface area contributed by atoms with Crippen molar-refractivity contribution in [1.82, 2.24) is 5.32 Å². The number of hydrogen-bond acceptors (Lipinski definition) is 3. The smallest absolute Gasteiger partial charge is 0.238 e. The minimum atomic E-state index is -0.0714. The molecule has 0 radical (unpaired) electrons. The van der Waals surface area contributed by atoms with Gasteiger partial charge in [0.15, 0.2) is 0 Å². The minimum absolute atomic E-state index is 0.00912. The van der Waals surface area contributed by atoms with E-state index in [1.165, 1.54) is 0 Å². The first kappa shape index (κ1) is 16.1. The molecule has 1 aromatic rings. The van der Waals surface area contributed by atoms with E-state index in [9.17, 15) is 4.79 Å². The van der Waals surface area contributed by atoms with Crippen molar-refractivity contribution in [2.45, 2.75) is 20.3 Å². The maximum absolute atomic E-state index is 11.7. The Morgan fingerprint density at radius 3 is 2.79 bits per heavy atom. The summed E-state index contributed by atoms with van der Waals surface area (Å²) in [7, 11) is 0. The van der Waals surface area contributed by atoms with Gasteiger partial charge in [-0.05, 0) is 30.0 Å². The number of benzene rings is 1. The molecule has 0 spiro atoms. The molecule has 0 aliphatic heterocycles. The topological polar surface area (TPSA) is 61.4 Å². The molecule has 0 saturated heterocycles. The summed E-state index contributed by atoms with van der Waals surface area (Å²) in [6, 6.07) is 7.48. The molecule has 0 bridgehead atoms. The predicted molar refractivity (Wildman–Crippen MR) is 81.1 cm³/mol. The largest absolute Gasteiger partial charge is 0.396 e. The summed E-state index contributed by atoms with van der Waals surface area (Å²) in [5.74, 6) is -0.0714. The molecule has 1 amide bonds. The van der Waals surface area contributed by atoms with Crippen LogP contribution in [0.1, 0.15) is 20.3 Å². The highest BCUT2D eigenvalue weighted by Gasteiger charge is 2.16. The summed E-state index contributed by atoms with van der Waals surface area (Å²) in [5, 5.41) is 14.9. The predicted octanol–water partition coefficient (Wildman–Crippen LogP) is 2.39. The number of aliphatic hydroxyl groups excluding tert-OH is 1. The molecule has 4 nitrogen and oxygen atoms in total. The van der Waals surface area contributed by atoms with Crippen LogP contribution in [0.25, 0.3) is 0 Å². The van der Waals surface area contributed by atoms with E-state index in [1.54, 1.807) is 0 Å².